The molecule has 0 saturated carbocycles. The Morgan fingerprint density at radius 3 is 2.80 bits per heavy atom. The lowest BCUT2D eigenvalue weighted by Gasteiger charge is -2.24. The molecule has 2 heterocycles. The summed E-state index contributed by atoms with van der Waals surface area (Å²) in [5, 5.41) is 6.29. The van der Waals surface area contributed by atoms with Gasteiger partial charge in [0.2, 0.25) is 5.91 Å². The van der Waals surface area contributed by atoms with Gasteiger partial charge in [0.25, 0.3) is 0 Å². The van der Waals surface area contributed by atoms with E-state index in [0.29, 0.717) is 12.5 Å². The molecule has 0 bridgehead atoms. The zero-order valence-corrected chi connectivity index (χ0v) is 16.8. The van der Waals surface area contributed by atoms with Crippen molar-refractivity contribution in [2.45, 2.75) is 31.7 Å². The highest BCUT2D eigenvalue weighted by atomic mass is 35.5. The molecule has 138 valence electrons. The van der Waals surface area contributed by atoms with Gasteiger partial charge in [0.1, 0.15) is 0 Å². The number of carbonyl (C=O) groups excluding carboxylic acids is 1. The molecule has 1 aromatic heterocycles. The van der Waals surface area contributed by atoms with E-state index in [4.69, 9.17) is 0 Å². The number of carbonyl (C=O) groups is 1. The lowest BCUT2D eigenvalue weighted by atomic mass is 10.2. The van der Waals surface area contributed by atoms with Crippen molar-refractivity contribution in [2.24, 2.45) is 0 Å². The van der Waals surface area contributed by atoms with Gasteiger partial charge in [-0.1, -0.05) is 30.3 Å². The second kappa shape index (κ2) is 10.8. The smallest absolute Gasteiger partial charge is 0.228 e. The van der Waals surface area contributed by atoms with Crippen LogP contribution in [-0.2, 0) is 17.6 Å². The first-order chi connectivity index (χ1) is 11.3. The molecule has 0 aliphatic carbocycles. The summed E-state index contributed by atoms with van der Waals surface area (Å²) in [5.74, 6) is 0.208. The van der Waals surface area contributed by atoms with Gasteiger partial charge in [-0.3, -0.25) is 4.79 Å². The molecule has 1 saturated heterocycles. The molecule has 1 amide bonds. The molecule has 1 atom stereocenters. The largest absolute Gasteiger partial charge is 0.338 e. The Hall–Kier alpha value is -1.14. The molecule has 0 radical (unpaired) electrons. The fraction of sp³-hybridized carbons (Fsp3) is 0.444. The highest BCUT2D eigenvalue weighted by Crippen LogP contribution is 2.20. The van der Waals surface area contributed by atoms with Gasteiger partial charge < -0.3 is 10.2 Å². The zero-order valence-electron chi connectivity index (χ0n) is 14.3. The lowest BCUT2D eigenvalue weighted by molar-refractivity contribution is -0.131. The number of hydrogen-bond acceptors (Lipinski definition) is 4. The number of benzene rings is 1. The maximum atomic E-state index is 12.5. The van der Waals surface area contributed by atoms with E-state index in [2.05, 4.69) is 22.4 Å². The molecule has 1 unspecified atom stereocenters. The average Bonchev–Trinajstić information content (AvgIpc) is 3.18. The van der Waals surface area contributed by atoms with Crippen LogP contribution in [0, 0.1) is 0 Å². The van der Waals surface area contributed by atoms with Crippen molar-refractivity contribution in [1.82, 2.24) is 15.2 Å². The van der Waals surface area contributed by atoms with E-state index >= 15 is 0 Å². The summed E-state index contributed by atoms with van der Waals surface area (Å²) in [4.78, 5) is 19.2. The molecule has 1 aliphatic rings. The van der Waals surface area contributed by atoms with Crippen LogP contribution in [0.15, 0.2) is 35.7 Å². The number of hydrogen-bond donors (Lipinski definition) is 1. The van der Waals surface area contributed by atoms with Gasteiger partial charge in [-0.05, 0) is 25.5 Å². The highest BCUT2D eigenvalue weighted by molar-refractivity contribution is 7.09. The number of nitrogens with one attached hydrogen (secondary N) is 1. The lowest BCUT2D eigenvalue weighted by Crippen LogP contribution is -2.41. The van der Waals surface area contributed by atoms with Crippen molar-refractivity contribution in [1.29, 1.82) is 0 Å². The average molecular weight is 402 g/mol. The molecule has 1 fully saturated rings. The molecule has 7 heteroatoms. The Morgan fingerprint density at radius 2 is 2.08 bits per heavy atom. The van der Waals surface area contributed by atoms with Crippen molar-refractivity contribution >= 4 is 42.1 Å². The first-order valence-electron chi connectivity index (χ1n) is 8.17. The van der Waals surface area contributed by atoms with Gasteiger partial charge in [-0.15, -0.1) is 36.2 Å². The van der Waals surface area contributed by atoms with Gasteiger partial charge in [0.15, 0.2) is 0 Å². The zero-order chi connectivity index (χ0) is 16.1. The molecule has 2 aromatic rings. The number of rotatable bonds is 6. The molecule has 0 spiro atoms. The van der Waals surface area contributed by atoms with Crippen LogP contribution >= 0.6 is 36.2 Å². The first kappa shape index (κ1) is 21.9. The molecule has 1 aliphatic heterocycles. The minimum atomic E-state index is 0. The predicted octanol–water partition coefficient (Wildman–Crippen LogP) is 3.33. The van der Waals surface area contributed by atoms with Gasteiger partial charge in [-0.2, -0.15) is 0 Å². The SMILES string of the molecule is CNCC1CCCN1C(=O)Cc1csc(Cc2ccccc2)n1.Cl.Cl. The number of amides is 1. The number of thiazole rings is 1. The minimum absolute atomic E-state index is 0. The molecular weight excluding hydrogens is 377 g/mol. The van der Waals surface area contributed by atoms with Crippen molar-refractivity contribution in [2.75, 3.05) is 20.1 Å². The summed E-state index contributed by atoms with van der Waals surface area (Å²) in [7, 11) is 1.94. The molecule has 1 aromatic carbocycles. The van der Waals surface area contributed by atoms with E-state index in [-0.39, 0.29) is 30.7 Å². The maximum Gasteiger partial charge on any atom is 0.228 e. The van der Waals surface area contributed by atoms with Gasteiger partial charge in [-0.25, -0.2) is 4.98 Å². The van der Waals surface area contributed by atoms with Crippen LogP contribution < -0.4 is 5.32 Å². The van der Waals surface area contributed by atoms with Crippen LogP contribution in [0.1, 0.15) is 29.1 Å². The first-order valence-corrected chi connectivity index (χ1v) is 9.05. The summed E-state index contributed by atoms with van der Waals surface area (Å²) in [6.45, 7) is 1.76. The Kier molecular flexibility index (Phi) is 9.43. The van der Waals surface area contributed by atoms with Crippen molar-refractivity contribution in [3.63, 3.8) is 0 Å². The van der Waals surface area contributed by atoms with Gasteiger partial charge in [0, 0.05) is 30.9 Å². The van der Waals surface area contributed by atoms with Crippen LogP contribution in [0.4, 0.5) is 0 Å². The predicted molar refractivity (Wildman–Crippen MR) is 108 cm³/mol. The Balaban J connectivity index is 0.00000156. The maximum absolute atomic E-state index is 12.5. The fourth-order valence-corrected chi connectivity index (χ4v) is 3.98. The van der Waals surface area contributed by atoms with Crippen molar-refractivity contribution in [3.05, 3.63) is 52.0 Å². The van der Waals surface area contributed by atoms with E-state index < -0.39 is 0 Å². The second-order valence-electron chi connectivity index (χ2n) is 6.01. The summed E-state index contributed by atoms with van der Waals surface area (Å²) < 4.78 is 0. The molecular formula is C18H25Cl2N3OS. The number of likely N-dealkylation sites (tertiary alicyclic amines) is 1. The molecule has 1 N–H and O–H groups in total. The van der Waals surface area contributed by atoms with Crippen LogP contribution in [0.3, 0.4) is 0 Å². The number of likely N-dealkylation sites (N-methyl/N-ethyl adjacent to an activating group) is 1. The van der Waals surface area contributed by atoms with E-state index in [1.807, 2.05) is 35.5 Å². The van der Waals surface area contributed by atoms with E-state index in [1.54, 1.807) is 11.3 Å². The number of halogens is 2. The van der Waals surface area contributed by atoms with Gasteiger partial charge in [0.05, 0.1) is 17.1 Å². The fourth-order valence-electron chi connectivity index (χ4n) is 3.15. The highest BCUT2D eigenvalue weighted by Gasteiger charge is 2.28. The molecule has 25 heavy (non-hydrogen) atoms. The third kappa shape index (κ3) is 5.96. The van der Waals surface area contributed by atoms with Crippen LogP contribution in [0.25, 0.3) is 0 Å². The summed E-state index contributed by atoms with van der Waals surface area (Å²) in [6, 6.07) is 10.7. The monoisotopic (exact) mass is 401 g/mol. The standard InChI is InChI=1S/C18H23N3OS.2ClH/c1-19-12-16-8-5-9-21(16)18(22)11-15-13-23-17(20-15)10-14-6-3-2-4-7-14;;/h2-4,6-7,13,16,19H,5,8-12H2,1H3;2*1H. The number of nitrogens with zero attached hydrogens (tertiary/aromatic N) is 2. The van der Waals surface area contributed by atoms with Crippen LogP contribution in [-0.4, -0.2) is 42.0 Å². The topological polar surface area (TPSA) is 45.2 Å². The normalized spacial score (nSPS) is 16.2. The van der Waals surface area contributed by atoms with E-state index in [9.17, 15) is 4.79 Å². The van der Waals surface area contributed by atoms with Crippen molar-refractivity contribution in [3.8, 4) is 0 Å². The van der Waals surface area contributed by atoms with Crippen molar-refractivity contribution < 1.29 is 4.79 Å². The number of aromatic nitrogens is 1. The van der Waals surface area contributed by atoms with E-state index in [0.717, 1.165) is 43.1 Å². The van der Waals surface area contributed by atoms with Crippen LogP contribution in [0.2, 0.25) is 0 Å². The second-order valence-corrected chi connectivity index (χ2v) is 6.96. The summed E-state index contributed by atoms with van der Waals surface area (Å²) >= 11 is 1.65. The minimum Gasteiger partial charge on any atom is -0.338 e. The quantitative estimate of drug-likeness (QED) is 0.806. The Morgan fingerprint density at radius 1 is 1.32 bits per heavy atom. The van der Waals surface area contributed by atoms with E-state index in [1.165, 1.54) is 5.56 Å². The van der Waals surface area contributed by atoms with Gasteiger partial charge >= 0.3 is 0 Å². The Bertz CT molecular complexity index is 651. The Labute approximate surface area is 165 Å². The molecule has 4 nitrogen and oxygen atoms in total. The van der Waals surface area contributed by atoms with Crippen LogP contribution in [0.5, 0.6) is 0 Å². The molecule has 3 rings (SSSR count). The third-order valence-corrected chi connectivity index (χ3v) is 5.16. The summed E-state index contributed by atoms with van der Waals surface area (Å²) in [6.07, 6.45) is 3.47. The third-order valence-electron chi connectivity index (χ3n) is 4.27. The summed E-state index contributed by atoms with van der Waals surface area (Å²) in [5.41, 5.74) is 2.16.